The van der Waals surface area contributed by atoms with Gasteiger partial charge < -0.3 is 10.2 Å². The van der Waals surface area contributed by atoms with Crippen LogP contribution < -0.4 is 0 Å². The van der Waals surface area contributed by atoms with E-state index in [-0.39, 0.29) is 16.9 Å². The predicted octanol–water partition coefficient (Wildman–Crippen LogP) is 6.61. The molecule has 5 aliphatic carbocycles. The summed E-state index contributed by atoms with van der Waals surface area (Å²) in [6.45, 7) is 17.3. The summed E-state index contributed by atoms with van der Waals surface area (Å²) in [5, 5.41) is 21.4. The zero-order valence-corrected chi connectivity index (χ0v) is 20.9. The van der Waals surface area contributed by atoms with Crippen LogP contribution in [0.4, 0.5) is 0 Å². The first kappa shape index (κ1) is 22.5. The van der Waals surface area contributed by atoms with Crippen LogP contribution in [0.15, 0.2) is 12.7 Å². The number of aliphatic hydroxyl groups is 2. The standard InChI is InChI=1S/C29H48O2/c1-7-19-10-15-29(18-30)17-16-27(5)20(24(19)29)8-9-22-26(4)13-12-23(31)25(2,3)21(26)11-14-28(22,27)6/h7,19-24,30-31H,1,8-18H2,2-6H3/t19-,20?,21?,22?,23+,24?,26+,27-,28-,29?/m1/s1. The van der Waals surface area contributed by atoms with E-state index in [4.69, 9.17) is 0 Å². The van der Waals surface area contributed by atoms with E-state index in [2.05, 4.69) is 47.3 Å². The molecule has 5 unspecified atom stereocenters. The van der Waals surface area contributed by atoms with Crippen molar-refractivity contribution in [2.75, 3.05) is 6.61 Å². The summed E-state index contributed by atoms with van der Waals surface area (Å²) in [5.74, 6) is 3.34. The van der Waals surface area contributed by atoms with Crippen molar-refractivity contribution < 1.29 is 10.2 Å². The van der Waals surface area contributed by atoms with E-state index in [9.17, 15) is 10.2 Å². The molecule has 5 fully saturated rings. The Labute approximate surface area is 191 Å². The van der Waals surface area contributed by atoms with Gasteiger partial charge in [0.25, 0.3) is 0 Å². The van der Waals surface area contributed by atoms with Gasteiger partial charge >= 0.3 is 0 Å². The molecule has 31 heavy (non-hydrogen) atoms. The van der Waals surface area contributed by atoms with E-state index in [1.165, 1.54) is 57.8 Å². The summed E-state index contributed by atoms with van der Waals surface area (Å²) in [6.07, 6.45) is 14.5. The molecule has 0 aromatic rings. The van der Waals surface area contributed by atoms with Crippen molar-refractivity contribution in [1.29, 1.82) is 0 Å². The van der Waals surface area contributed by atoms with E-state index >= 15 is 0 Å². The summed E-state index contributed by atoms with van der Waals surface area (Å²) < 4.78 is 0. The highest BCUT2D eigenvalue weighted by Gasteiger charge is 2.70. The van der Waals surface area contributed by atoms with Gasteiger partial charge in [-0.3, -0.25) is 0 Å². The van der Waals surface area contributed by atoms with Gasteiger partial charge in [-0.2, -0.15) is 0 Å². The summed E-state index contributed by atoms with van der Waals surface area (Å²) in [6, 6.07) is 0. The highest BCUT2D eigenvalue weighted by atomic mass is 16.3. The van der Waals surface area contributed by atoms with Gasteiger partial charge in [-0.1, -0.05) is 40.7 Å². The minimum atomic E-state index is -0.145. The van der Waals surface area contributed by atoms with Crippen molar-refractivity contribution in [3.63, 3.8) is 0 Å². The highest BCUT2D eigenvalue weighted by molar-refractivity contribution is 5.20. The first-order chi connectivity index (χ1) is 14.5. The molecule has 0 aliphatic heterocycles. The zero-order chi connectivity index (χ0) is 22.4. The molecule has 0 amide bonds. The lowest BCUT2D eigenvalue weighted by atomic mass is 9.32. The third-order valence-electron chi connectivity index (χ3n) is 13.3. The minimum Gasteiger partial charge on any atom is -0.396 e. The third-order valence-corrected chi connectivity index (χ3v) is 13.3. The second-order valence-corrected chi connectivity index (χ2v) is 14.0. The molecule has 5 rings (SSSR count). The Morgan fingerprint density at radius 3 is 2.23 bits per heavy atom. The average molecular weight is 429 g/mol. The molecule has 0 heterocycles. The van der Waals surface area contributed by atoms with Crippen LogP contribution in [0.1, 0.15) is 98.8 Å². The Hall–Kier alpha value is -0.340. The number of fused-ring (bicyclic) bond motifs is 7. The highest BCUT2D eigenvalue weighted by Crippen LogP contribution is 2.77. The molecule has 0 spiro atoms. The summed E-state index contributed by atoms with van der Waals surface area (Å²) in [5.41, 5.74) is 1.27. The Bertz CT molecular complexity index is 743. The van der Waals surface area contributed by atoms with Gasteiger partial charge in [0.2, 0.25) is 0 Å². The number of allylic oxidation sites excluding steroid dienone is 1. The molecule has 10 atom stereocenters. The Morgan fingerprint density at radius 1 is 0.806 bits per heavy atom. The molecule has 2 heteroatoms. The van der Waals surface area contributed by atoms with E-state index < -0.39 is 0 Å². The van der Waals surface area contributed by atoms with Crippen molar-refractivity contribution in [2.45, 2.75) is 105 Å². The molecule has 2 N–H and O–H groups in total. The molecule has 5 saturated carbocycles. The van der Waals surface area contributed by atoms with Crippen LogP contribution in [-0.2, 0) is 0 Å². The van der Waals surface area contributed by atoms with E-state index in [1.807, 2.05) is 0 Å². The first-order valence-corrected chi connectivity index (χ1v) is 13.4. The van der Waals surface area contributed by atoms with Gasteiger partial charge in [0, 0.05) is 6.61 Å². The van der Waals surface area contributed by atoms with Crippen LogP contribution in [-0.4, -0.2) is 22.9 Å². The molecule has 0 saturated heterocycles. The maximum atomic E-state index is 10.9. The topological polar surface area (TPSA) is 40.5 Å². The number of hydrogen-bond donors (Lipinski definition) is 2. The van der Waals surface area contributed by atoms with Crippen LogP contribution in [0, 0.1) is 56.7 Å². The van der Waals surface area contributed by atoms with Crippen molar-refractivity contribution >= 4 is 0 Å². The number of hydrogen-bond acceptors (Lipinski definition) is 2. The van der Waals surface area contributed by atoms with Gasteiger partial charge in [-0.15, -0.1) is 6.58 Å². The zero-order valence-electron chi connectivity index (χ0n) is 20.9. The number of rotatable bonds is 2. The van der Waals surface area contributed by atoms with Gasteiger partial charge in [-0.05, 0) is 121 Å². The van der Waals surface area contributed by atoms with Gasteiger partial charge in [0.05, 0.1) is 6.10 Å². The quantitative estimate of drug-likeness (QED) is 0.486. The molecule has 0 aromatic heterocycles. The minimum absolute atomic E-state index is 0.0318. The lowest BCUT2D eigenvalue weighted by Crippen LogP contribution is -2.66. The number of aliphatic hydroxyl groups excluding tert-OH is 2. The van der Waals surface area contributed by atoms with Crippen LogP contribution in [0.5, 0.6) is 0 Å². The second kappa shape index (κ2) is 6.84. The van der Waals surface area contributed by atoms with Crippen LogP contribution in [0.2, 0.25) is 0 Å². The van der Waals surface area contributed by atoms with Gasteiger partial charge in [0.15, 0.2) is 0 Å². The van der Waals surface area contributed by atoms with Crippen LogP contribution in [0.25, 0.3) is 0 Å². The molecule has 0 aromatic carbocycles. The fourth-order valence-corrected chi connectivity index (χ4v) is 11.3. The summed E-state index contributed by atoms with van der Waals surface area (Å²) >= 11 is 0. The normalized spacial score (nSPS) is 57.9. The average Bonchev–Trinajstić information content (AvgIpc) is 3.11. The summed E-state index contributed by atoms with van der Waals surface area (Å²) in [4.78, 5) is 0. The van der Waals surface area contributed by atoms with Crippen molar-refractivity contribution in [2.24, 2.45) is 56.7 Å². The lowest BCUT2D eigenvalue weighted by molar-refractivity contribution is -0.249. The molecule has 176 valence electrons. The Morgan fingerprint density at radius 2 is 1.55 bits per heavy atom. The second-order valence-electron chi connectivity index (χ2n) is 14.0. The molecular formula is C29H48O2. The molecule has 5 aliphatic rings. The van der Waals surface area contributed by atoms with Crippen LogP contribution >= 0.6 is 0 Å². The largest absolute Gasteiger partial charge is 0.396 e. The van der Waals surface area contributed by atoms with E-state index in [0.717, 1.165) is 18.3 Å². The van der Waals surface area contributed by atoms with E-state index in [1.54, 1.807) is 0 Å². The maximum Gasteiger partial charge on any atom is 0.0594 e. The maximum absolute atomic E-state index is 10.9. The van der Waals surface area contributed by atoms with Crippen molar-refractivity contribution in [1.82, 2.24) is 0 Å². The monoisotopic (exact) mass is 428 g/mol. The smallest absolute Gasteiger partial charge is 0.0594 e. The van der Waals surface area contributed by atoms with E-state index in [0.29, 0.717) is 40.6 Å². The molecule has 0 bridgehead atoms. The molecule has 2 nitrogen and oxygen atoms in total. The van der Waals surface area contributed by atoms with Crippen molar-refractivity contribution in [3.8, 4) is 0 Å². The lowest BCUT2D eigenvalue weighted by Gasteiger charge is -2.73. The summed E-state index contributed by atoms with van der Waals surface area (Å²) in [7, 11) is 0. The SMILES string of the molecule is C=C[C@@H]1CCC2(CO)CC[C@]3(C)C(CCC4[C@@]5(C)CC[C@H](O)C(C)(C)C5CC[C@]43C)C12. The first-order valence-electron chi connectivity index (χ1n) is 13.4. The third kappa shape index (κ3) is 2.59. The fourth-order valence-electron chi connectivity index (χ4n) is 11.3. The molecular weight excluding hydrogens is 380 g/mol. The van der Waals surface area contributed by atoms with Gasteiger partial charge in [0.1, 0.15) is 0 Å². The Balaban J connectivity index is 1.54. The Kier molecular flexibility index (Phi) is 4.96. The van der Waals surface area contributed by atoms with Crippen molar-refractivity contribution in [3.05, 3.63) is 12.7 Å². The van der Waals surface area contributed by atoms with Crippen LogP contribution in [0.3, 0.4) is 0 Å². The fraction of sp³-hybridized carbons (Fsp3) is 0.931. The predicted molar refractivity (Wildman–Crippen MR) is 127 cm³/mol. The van der Waals surface area contributed by atoms with Gasteiger partial charge in [-0.25, -0.2) is 0 Å². The molecule has 0 radical (unpaired) electrons.